The second-order valence-electron chi connectivity index (χ2n) is 7.17. The molecule has 0 saturated heterocycles. The van der Waals surface area contributed by atoms with Crippen molar-refractivity contribution in [2.45, 2.75) is 13.5 Å². The number of fused-ring (bicyclic) bond motifs is 1. The molecule has 0 fully saturated rings. The molecule has 1 aromatic heterocycles. The zero-order valence-electron chi connectivity index (χ0n) is 17.0. The fourth-order valence-electron chi connectivity index (χ4n) is 3.20. The number of ether oxygens (including phenoxy) is 1. The van der Waals surface area contributed by atoms with Gasteiger partial charge in [0.15, 0.2) is 0 Å². The SMILES string of the molecule is Cc1ccc2nc(C(C#N)=Cc3cc(Br)ccc3OCc3ccc([N+](=O)[O-])cc3)[nH]c2c1. The van der Waals surface area contributed by atoms with Crippen molar-refractivity contribution in [1.29, 1.82) is 5.26 Å². The number of nitrogens with one attached hydrogen (secondary N) is 1. The molecule has 1 N–H and O–H groups in total. The maximum atomic E-state index is 10.8. The van der Waals surface area contributed by atoms with Crippen molar-refractivity contribution in [3.63, 3.8) is 0 Å². The van der Waals surface area contributed by atoms with Crippen molar-refractivity contribution in [3.05, 3.63) is 97.8 Å². The summed E-state index contributed by atoms with van der Waals surface area (Å²) in [4.78, 5) is 18.1. The summed E-state index contributed by atoms with van der Waals surface area (Å²) in [7, 11) is 0. The molecule has 0 aliphatic heterocycles. The van der Waals surface area contributed by atoms with Gasteiger partial charge in [0.25, 0.3) is 5.69 Å². The van der Waals surface area contributed by atoms with Gasteiger partial charge in [-0.15, -0.1) is 0 Å². The van der Waals surface area contributed by atoms with E-state index in [9.17, 15) is 15.4 Å². The van der Waals surface area contributed by atoms with Gasteiger partial charge in [0.2, 0.25) is 0 Å². The van der Waals surface area contributed by atoms with Gasteiger partial charge in [-0.05, 0) is 66.6 Å². The highest BCUT2D eigenvalue weighted by Crippen LogP contribution is 2.29. The number of aryl methyl sites for hydroxylation is 1. The van der Waals surface area contributed by atoms with Gasteiger partial charge in [-0.1, -0.05) is 22.0 Å². The van der Waals surface area contributed by atoms with E-state index in [1.807, 2.05) is 37.3 Å². The second kappa shape index (κ2) is 9.04. The van der Waals surface area contributed by atoms with Gasteiger partial charge >= 0.3 is 0 Å². The molecule has 0 aliphatic rings. The standard InChI is InChI=1S/C24H17BrN4O3/c1-15-2-8-21-22(10-15)28-24(27-21)18(13-26)11-17-12-19(25)5-9-23(17)32-14-16-3-6-20(7-4-16)29(30)31/h2-12H,14H2,1H3,(H,27,28). The molecule has 0 bridgehead atoms. The van der Waals surface area contributed by atoms with Crippen molar-refractivity contribution in [2.75, 3.05) is 0 Å². The first-order chi connectivity index (χ1) is 15.4. The van der Waals surface area contributed by atoms with Crippen LogP contribution >= 0.6 is 15.9 Å². The number of aromatic amines is 1. The van der Waals surface area contributed by atoms with Gasteiger partial charge in [-0.2, -0.15) is 5.26 Å². The van der Waals surface area contributed by atoms with E-state index < -0.39 is 4.92 Å². The van der Waals surface area contributed by atoms with E-state index in [-0.39, 0.29) is 12.3 Å². The molecule has 0 spiro atoms. The highest BCUT2D eigenvalue weighted by Gasteiger charge is 2.11. The van der Waals surface area contributed by atoms with Crippen LogP contribution in [0.4, 0.5) is 5.69 Å². The number of nitro benzene ring substituents is 1. The fourth-order valence-corrected chi connectivity index (χ4v) is 3.58. The van der Waals surface area contributed by atoms with Gasteiger partial charge in [0.1, 0.15) is 24.3 Å². The van der Waals surface area contributed by atoms with Crippen LogP contribution in [0.1, 0.15) is 22.5 Å². The van der Waals surface area contributed by atoms with Crippen LogP contribution in [0.3, 0.4) is 0 Å². The van der Waals surface area contributed by atoms with Gasteiger partial charge in [0.05, 0.1) is 21.5 Å². The van der Waals surface area contributed by atoms with Crippen molar-refractivity contribution in [3.8, 4) is 11.8 Å². The molecule has 0 saturated carbocycles. The Morgan fingerprint density at radius 2 is 2.00 bits per heavy atom. The van der Waals surface area contributed by atoms with Crippen LogP contribution in [0, 0.1) is 28.4 Å². The van der Waals surface area contributed by atoms with Gasteiger partial charge in [-0.3, -0.25) is 10.1 Å². The summed E-state index contributed by atoms with van der Waals surface area (Å²) in [6, 6.07) is 19.8. The number of imidazole rings is 1. The molecule has 0 atom stereocenters. The number of aromatic nitrogens is 2. The number of rotatable bonds is 6. The van der Waals surface area contributed by atoms with E-state index in [0.29, 0.717) is 22.7 Å². The number of H-pyrrole nitrogens is 1. The topological polar surface area (TPSA) is 105 Å². The first kappa shape index (κ1) is 21.3. The number of allylic oxidation sites excluding steroid dienone is 1. The largest absolute Gasteiger partial charge is 0.488 e. The van der Waals surface area contributed by atoms with Crippen LogP contribution in [0.15, 0.2) is 65.1 Å². The van der Waals surface area contributed by atoms with E-state index in [4.69, 9.17) is 4.74 Å². The molecule has 0 unspecified atom stereocenters. The predicted octanol–water partition coefficient (Wildman–Crippen LogP) is 6.19. The molecule has 8 heteroatoms. The Hall–Kier alpha value is -3.96. The van der Waals surface area contributed by atoms with Crippen LogP contribution < -0.4 is 4.74 Å². The number of nitriles is 1. The van der Waals surface area contributed by atoms with Crippen LogP contribution in [-0.4, -0.2) is 14.9 Å². The van der Waals surface area contributed by atoms with E-state index in [1.165, 1.54) is 12.1 Å². The van der Waals surface area contributed by atoms with Crippen molar-refractivity contribution < 1.29 is 9.66 Å². The third-order valence-electron chi connectivity index (χ3n) is 4.83. The molecule has 0 aliphatic carbocycles. The summed E-state index contributed by atoms with van der Waals surface area (Å²) in [5.74, 6) is 1.06. The molecule has 0 amide bonds. The Kier molecular flexibility index (Phi) is 6.01. The molecule has 4 aromatic rings. The molecule has 7 nitrogen and oxygen atoms in total. The molecule has 32 heavy (non-hydrogen) atoms. The number of halogens is 1. The predicted molar refractivity (Wildman–Crippen MR) is 126 cm³/mol. The number of benzene rings is 3. The Morgan fingerprint density at radius 3 is 2.72 bits per heavy atom. The van der Waals surface area contributed by atoms with Gasteiger partial charge in [-0.25, -0.2) is 4.98 Å². The quantitative estimate of drug-likeness (QED) is 0.198. The smallest absolute Gasteiger partial charge is 0.269 e. The van der Waals surface area contributed by atoms with Gasteiger partial charge in [0, 0.05) is 22.2 Å². The van der Waals surface area contributed by atoms with Crippen LogP contribution in [-0.2, 0) is 6.61 Å². The minimum atomic E-state index is -0.439. The Morgan fingerprint density at radius 1 is 1.22 bits per heavy atom. The summed E-state index contributed by atoms with van der Waals surface area (Å²) in [6.45, 7) is 2.23. The Labute approximate surface area is 192 Å². The fraction of sp³-hybridized carbons (Fsp3) is 0.0833. The molecule has 4 rings (SSSR count). The number of hydrogen-bond donors (Lipinski definition) is 1. The molecular weight excluding hydrogens is 472 g/mol. The first-order valence-corrected chi connectivity index (χ1v) is 10.5. The van der Waals surface area contributed by atoms with E-state index in [1.54, 1.807) is 24.3 Å². The molecular formula is C24H17BrN4O3. The monoisotopic (exact) mass is 488 g/mol. The minimum absolute atomic E-state index is 0.0284. The zero-order valence-corrected chi connectivity index (χ0v) is 18.6. The Bertz CT molecular complexity index is 1380. The lowest BCUT2D eigenvalue weighted by atomic mass is 10.1. The van der Waals surface area contributed by atoms with E-state index in [0.717, 1.165) is 26.6 Å². The average Bonchev–Trinajstić information content (AvgIpc) is 3.20. The summed E-state index contributed by atoms with van der Waals surface area (Å²) < 4.78 is 6.80. The lowest BCUT2D eigenvalue weighted by molar-refractivity contribution is -0.384. The third kappa shape index (κ3) is 4.68. The van der Waals surface area contributed by atoms with Crippen LogP contribution in [0.5, 0.6) is 5.75 Å². The maximum absolute atomic E-state index is 10.8. The summed E-state index contributed by atoms with van der Waals surface area (Å²) >= 11 is 3.46. The zero-order chi connectivity index (χ0) is 22.7. The van der Waals surface area contributed by atoms with E-state index >= 15 is 0 Å². The molecule has 1 heterocycles. The normalized spacial score (nSPS) is 11.3. The van der Waals surface area contributed by atoms with E-state index in [2.05, 4.69) is 32.0 Å². The molecule has 158 valence electrons. The van der Waals surface area contributed by atoms with Crippen molar-refractivity contribution >= 4 is 44.3 Å². The summed E-state index contributed by atoms with van der Waals surface area (Å²) in [6.07, 6.45) is 1.72. The molecule has 3 aromatic carbocycles. The van der Waals surface area contributed by atoms with Crippen molar-refractivity contribution in [2.24, 2.45) is 0 Å². The first-order valence-electron chi connectivity index (χ1n) is 9.67. The van der Waals surface area contributed by atoms with Crippen molar-refractivity contribution in [1.82, 2.24) is 9.97 Å². The molecule has 0 radical (unpaired) electrons. The van der Waals surface area contributed by atoms with Crippen LogP contribution in [0.25, 0.3) is 22.7 Å². The number of hydrogen-bond acceptors (Lipinski definition) is 5. The highest BCUT2D eigenvalue weighted by molar-refractivity contribution is 9.10. The van der Waals surface area contributed by atoms with Crippen LogP contribution in [0.2, 0.25) is 0 Å². The summed E-state index contributed by atoms with van der Waals surface area (Å²) in [5, 5.41) is 20.6. The number of nitro groups is 1. The summed E-state index contributed by atoms with van der Waals surface area (Å²) in [5.41, 5.74) is 4.65. The van der Waals surface area contributed by atoms with Gasteiger partial charge < -0.3 is 9.72 Å². The maximum Gasteiger partial charge on any atom is 0.269 e. The Balaban J connectivity index is 1.63. The lowest BCUT2D eigenvalue weighted by Crippen LogP contribution is -1.98. The number of non-ortho nitro benzene ring substituents is 1. The highest BCUT2D eigenvalue weighted by atomic mass is 79.9. The average molecular weight is 489 g/mol. The third-order valence-corrected chi connectivity index (χ3v) is 5.32. The lowest BCUT2D eigenvalue weighted by Gasteiger charge is -2.10. The number of nitrogens with zero attached hydrogens (tertiary/aromatic N) is 3. The minimum Gasteiger partial charge on any atom is -0.488 e. The second-order valence-corrected chi connectivity index (χ2v) is 8.09.